The van der Waals surface area contributed by atoms with Crippen LogP contribution in [0, 0.1) is 0 Å². The Morgan fingerprint density at radius 3 is 2.81 bits per heavy atom. The van der Waals surface area contributed by atoms with Gasteiger partial charge in [0.05, 0.1) is 10.2 Å². The van der Waals surface area contributed by atoms with Crippen molar-refractivity contribution in [2.75, 3.05) is 31.5 Å². The Balaban J connectivity index is 1.78. The van der Waals surface area contributed by atoms with Crippen molar-refractivity contribution in [3.8, 4) is 0 Å². The number of aliphatic imine (C=N–C) groups is 1. The van der Waals surface area contributed by atoms with Crippen molar-refractivity contribution in [1.82, 2.24) is 15.6 Å². The molecule has 0 fully saturated rings. The molecule has 0 saturated heterocycles. The molecule has 1 aromatic carbocycles. The zero-order valence-corrected chi connectivity index (χ0v) is 13.5. The van der Waals surface area contributed by atoms with E-state index in [2.05, 4.69) is 45.8 Å². The second-order valence-electron chi connectivity index (χ2n) is 4.60. The van der Waals surface area contributed by atoms with Crippen molar-refractivity contribution in [1.29, 1.82) is 0 Å². The summed E-state index contributed by atoms with van der Waals surface area (Å²) in [5.74, 6) is 0.880. The molecule has 21 heavy (non-hydrogen) atoms. The van der Waals surface area contributed by atoms with E-state index in [-0.39, 0.29) is 0 Å². The van der Waals surface area contributed by atoms with Gasteiger partial charge in [0.25, 0.3) is 0 Å². The smallest absolute Gasteiger partial charge is 0.191 e. The van der Waals surface area contributed by atoms with E-state index in [0.717, 1.165) is 49.2 Å². The molecule has 2 aromatic rings. The molecule has 5 nitrogen and oxygen atoms in total. The number of nitrogens with zero attached hydrogens (tertiary/aromatic N) is 2. The van der Waals surface area contributed by atoms with Gasteiger partial charge in [-0.2, -0.15) is 0 Å². The lowest BCUT2D eigenvalue weighted by atomic mass is 10.3. The minimum absolute atomic E-state index is 0.811. The minimum atomic E-state index is 0.811. The van der Waals surface area contributed by atoms with Crippen molar-refractivity contribution in [3.63, 3.8) is 0 Å². The third-order valence-corrected chi connectivity index (χ3v) is 3.82. The molecular formula is C15H23N5S. The van der Waals surface area contributed by atoms with Crippen molar-refractivity contribution in [2.24, 2.45) is 4.99 Å². The molecule has 0 bridgehead atoms. The van der Waals surface area contributed by atoms with Gasteiger partial charge >= 0.3 is 0 Å². The van der Waals surface area contributed by atoms with Crippen LogP contribution in [0.1, 0.15) is 20.3 Å². The summed E-state index contributed by atoms with van der Waals surface area (Å²) in [5, 5.41) is 10.9. The largest absolute Gasteiger partial charge is 0.360 e. The van der Waals surface area contributed by atoms with E-state index >= 15 is 0 Å². The van der Waals surface area contributed by atoms with Gasteiger partial charge in [-0.25, -0.2) is 4.98 Å². The molecule has 0 aliphatic heterocycles. The van der Waals surface area contributed by atoms with E-state index < -0.39 is 0 Å². The standard InChI is InChI=1S/C15H23N5S/c1-3-9-17-14(16-4-2)18-10-11-19-15-20-12-7-5-6-8-13(12)21-15/h5-8H,3-4,9-11H2,1-2H3,(H,19,20)(H2,16,17,18). The highest BCUT2D eigenvalue weighted by Crippen LogP contribution is 2.24. The van der Waals surface area contributed by atoms with Crippen LogP contribution in [0.2, 0.25) is 0 Å². The molecule has 0 saturated carbocycles. The van der Waals surface area contributed by atoms with Gasteiger partial charge < -0.3 is 16.0 Å². The first-order valence-corrected chi connectivity index (χ1v) is 8.26. The molecule has 0 radical (unpaired) electrons. The van der Waals surface area contributed by atoms with Crippen LogP contribution in [-0.2, 0) is 0 Å². The van der Waals surface area contributed by atoms with Gasteiger partial charge in [0.1, 0.15) is 0 Å². The van der Waals surface area contributed by atoms with E-state index in [4.69, 9.17) is 0 Å². The number of thiazole rings is 1. The quantitative estimate of drug-likeness (QED) is 0.418. The average molecular weight is 305 g/mol. The molecule has 3 N–H and O–H groups in total. The minimum Gasteiger partial charge on any atom is -0.360 e. The second-order valence-corrected chi connectivity index (χ2v) is 5.63. The number of hydrogen-bond donors (Lipinski definition) is 3. The highest BCUT2D eigenvalue weighted by molar-refractivity contribution is 7.22. The predicted molar refractivity (Wildman–Crippen MR) is 92.4 cm³/mol. The number of rotatable bonds is 7. The van der Waals surface area contributed by atoms with E-state index in [1.165, 1.54) is 4.70 Å². The molecule has 114 valence electrons. The highest BCUT2D eigenvalue weighted by Gasteiger charge is 2.02. The van der Waals surface area contributed by atoms with Gasteiger partial charge in [-0.1, -0.05) is 30.4 Å². The lowest BCUT2D eigenvalue weighted by Gasteiger charge is -2.11. The summed E-state index contributed by atoms with van der Waals surface area (Å²) in [6.07, 6.45) is 1.06. The van der Waals surface area contributed by atoms with Crippen LogP contribution in [-0.4, -0.2) is 37.1 Å². The van der Waals surface area contributed by atoms with Crippen LogP contribution in [0.5, 0.6) is 0 Å². The normalized spacial score (nSPS) is 11.6. The summed E-state index contributed by atoms with van der Waals surface area (Å²) in [5.41, 5.74) is 1.05. The number of nitrogens with one attached hydrogen (secondary N) is 3. The zero-order valence-electron chi connectivity index (χ0n) is 12.6. The highest BCUT2D eigenvalue weighted by atomic mass is 32.1. The Morgan fingerprint density at radius 2 is 2.05 bits per heavy atom. The SMILES string of the molecule is CCCN=C(NCC)NCCNc1nc2ccccc2s1. The maximum atomic E-state index is 4.55. The number of aromatic nitrogens is 1. The van der Waals surface area contributed by atoms with Crippen LogP contribution in [0.3, 0.4) is 0 Å². The van der Waals surface area contributed by atoms with E-state index in [0.29, 0.717) is 0 Å². The van der Waals surface area contributed by atoms with Crippen LogP contribution in [0.4, 0.5) is 5.13 Å². The van der Waals surface area contributed by atoms with Crippen LogP contribution < -0.4 is 16.0 Å². The molecule has 6 heteroatoms. The fourth-order valence-corrected chi connectivity index (χ4v) is 2.75. The van der Waals surface area contributed by atoms with Gasteiger partial charge in [-0.15, -0.1) is 0 Å². The molecule has 1 heterocycles. The molecule has 0 atom stereocenters. The first-order chi connectivity index (χ1) is 10.3. The molecule has 2 rings (SSSR count). The molecule has 0 unspecified atom stereocenters. The van der Waals surface area contributed by atoms with Crippen molar-refractivity contribution in [2.45, 2.75) is 20.3 Å². The predicted octanol–water partition coefficient (Wildman–Crippen LogP) is 2.67. The lowest BCUT2D eigenvalue weighted by molar-refractivity contribution is 0.811. The number of benzene rings is 1. The Kier molecular flexibility index (Phi) is 6.27. The fraction of sp³-hybridized carbons (Fsp3) is 0.467. The Morgan fingerprint density at radius 1 is 1.19 bits per heavy atom. The number of anilines is 1. The van der Waals surface area contributed by atoms with Crippen molar-refractivity contribution >= 4 is 32.6 Å². The lowest BCUT2D eigenvalue weighted by Crippen LogP contribution is -2.39. The number of para-hydroxylation sites is 1. The Hall–Kier alpha value is -1.82. The van der Waals surface area contributed by atoms with Gasteiger partial charge in [0.15, 0.2) is 11.1 Å². The summed E-state index contributed by atoms with van der Waals surface area (Å²) in [7, 11) is 0. The summed E-state index contributed by atoms with van der Waals surface area (Å²) in [6, 6.07) is 8.19. The van der Waals surface area contributed by atoms with Gasteiger partial charge in [-0.3, -0.25) is 4.99 Å². The average Bonchev–Trinajstić information content (AvgIpc) is 2.91. The van der Waals surface area contributed by atoms with Crippen LogP contribution in [0.25, 0.3) is 10.2 Å². The second kappa shape index (κ2) is 8.46. The maximum Gasteiger partial charge on any atom is 0.191 e. The van der Waals surface area contributed by atoms with Crippen molar-refractivity contribution in [3.05, 3.63) is 24.3 Å². The maximum absolute atomic E-state index is 4.55. The fourth-order valence-electron chi connectivity index (χ4n) is 1.86. The third-order valence-electron chi connectivity index (χ3n) is 2.83. The summed E-state index contributed by atoms with van der Waals surface area (Å²) < 4.78 is 1.21. The summed E-state index contributed by atoms with van der Waals surface area (Å²) >= 11 is 1.68. The van der Waals surface area contributed by atoms with Gasteiger partial charge in [0.2, 0.25) is 0 Å². The number of guanidine groups is 1. The van der Waals surface area contributed by atoms with Crippen molar-refractivity contribution < 1.29 is 0 Å². The van der Waals surface area contributed by atoms with Gasteiger partial charge in [-0.05, 0) is 25.5 Å². The van der Waals surface area contributed by atoms with E-state index in [1.807, 2.05) is 18.2 Å². The van der Waals surface area contributed by atoms with Crippen LogP contribution >= 0.6 is 11.3 Å². The molecule has 0 spiro atoms. The molecular weight excluding hydrogens is 282 g/mol. The molecule has 0 aliphatic rings. The molecule has 1 aromatic heterocycles. The van der Waals surface area contributed by atoms with Crippen LogP contribution in [0.15, 0.2) is 29.3 Å². The van der Waals surface area contributed by atoms with E-state index in [1.54, 1.807) is 11.3 Å². The monoisotopic (exact) mass is 305 g/mol. The topological polar surface area (TPSA) is 61.3 Å². The summed E-state index contributed by atoms with van der Waals surface area (Å²) in [4.78, 5) is 9.01. The number of fused-ring (bicyclic) bond motifs is 1. The van der Waals surface area contributed by atoms with E-state index in [9.17, 15) is 0 Å². The first kappa shape index (κ1) is 15.6. The summed E-state index contributed by atoms with van der Waals surface area (Å²) in [6.45, 7) is 7.55. The molecule has 0 aliphatic carbocycles. The number of hydrogen-bond acceptors (Lipinski definition) is 4. The Bertz CT molecular complexity index is 545. The zero-order chi connectivity index (χ0) is 14.9. The third kappa shape index (κ3) is 4.90. The Labute approximate surface area is 129 Å². The van der Waals surface area contributed by atoms with Gasteiger partial charge in [0, 0.05) is 26.2 Å². The first-order valence-electron chi connectivity index (χ1n) is 7.45. The molecule has 0 amide bonds.